The maximum atomic E-state index is 12.9. The highest BCUT2D eigenvalue weighted by Crippen LogP contribution is 2.26. The molecule has 0 bridgehead atoms. The Kier molecular flexibility index (Phi) is 5.50. The predicted octanol–water partition coefficient (Wildman–Crippen LogP) is 4.92. The lowest BCUT2D eigenvalue weighted by Gasteiger charge is -2.09. The van der Waals surface area contributed by atoms with Crippen molar-refractivity contribution >= 4 is 28.4 Å². The van der Waals surface area contributed by atoms with Gasteiger partial charge in [0.05, 0.1) is 5.69 Å². The molecular formula is C22H14F3N3O4. The first kappa shape index (κ1) is 20.9. The number of aromatic nitrogens is 1. The third kappa shape index (κ3) is 5.04. The van der Waals surface area contributed by atoms with Crippen LogP contribution in [0.3, 0.4) is 0 Å². The number of hydrogen-bond donors (Lipinski definition) is 2. The number of benzene rings is 2. The van der Waals surface area contributed by atoms with Gasteiger partial charge in [-0.15, -0.1) is 13.2 Å². The molecule has 2 aromatic heterocycles. The van der Waals surface area contributed by atoms with E-state index in [1.54, 1.807) is 24.3 Å². The number of phenolic OH excluding ortho intramolecular Hbond substituents is 1. The van der Waals surface area contributed by atoms with E-state index in [1.807, 2.05) is 0 Å². The molecule has 4 aromatic rings. The van der Waals surface area contributed by atoms with Crippen LogP contribution in [0.5, 0.6) is 11.5 Å². The van der Waals surface area contributed by atoms with Crippen LogP contribution in [0, 0.1) is 0 Å². The fourth-order valence-electron chi connectivity index (χ4n) is 2.84. The average Bonchev–Trinajstić information content (AvgIpc) is 2.73. The number of carbonyl (C=O) groups is 1. The van der Waals surface area contributed by atoms with E-state index >= 15 is 0 Å². The van der Waals surface area contributed by atoms with Crippen LogP contribution in [0.15, 0.2) is 82.3 Å². The summed E-state index contributed by atoms with van der Waals surface area (Å²) in [5.41, 5.74) is 0.111. The van der Waals surface area contributed by atoms with Gasteiger partial charge in [0, 0.05) is 23.7 Å². The highest BCUT2D eigenvalue weighted by Gasteiger charge is 2.31. The van der Waals surface area contributed by atoms with Gasteiger partial charge in [0.1, 0.15) is 28.5 Å². The Hall–Kier alpha value is -4.34. The van der Waals surface area contributed by atoms with Crippen molar-refractivity contribution in [1.82, 2.24) is 4.98 Å². The second kappa shape index (κ2) is 8.42. The lowest BCUT2D eigenvalue weighted by molar-refractivity contribution is -0.274. The number of nitrogens with one attached hydrogen (secondary N) is 1. The molecule has 1 amide bonds. The molecule has 162 valence electrons. The summed E-state index contributed by atoms with van der Waals surface area (Å²) in [4.78, 5) is 21.1. The third-order valence-electron chi connectivity index (χ3n) is 4.17. The molecule has 7 nitrogen and oxygen atoms in total. The molecule has 32 heavy (non-hydrogen) atoms. The van der Waals surface area contributed by atoms with E-state index in [1.165, 1.54) is 36.5 Å². The van der Waals surface area contributed by atoms with Crippen molar-refractivity contribution in [3.63, 3.8) is 0 Å². The molecule has 0 aliphatic carbocycles. The van der Waals surface area contributed by atoms with Gasteiger partial charge >= 0.3 is 6.36 Å². The summed E-state index contributed by atoms with van der Waals surface area (Å²) in [6.45, 7) is 0. The zero-order chi connectivity index (χ0) is 22.7. The number of carbonyl (C=O) groups excluding carboxylic acids is 1. The molecule has 0 spiro atoms. The Balaban J connectivity index is 1.82. The Morgan fingerprint density at radius 2 is 1.91 bits per heavy atom. The summed E-state index contributed by atoms with van der Waals surface area (Å²) in [7, 11) is 0. The number of phenols is 1. The van der Waals surface area contributed by atoms with E-state index in [9.17, 15) is 23.1 Å². The molecule has 2 N–H and O–H groups in total. The largest absolute Gasteiger partial charge is 0.573 e. The molecule has 2 aromatic carbocycles. The Morgan fingerprint density at radius 1 is 1.06 bits per heavy atom. The summed E-state index contributed by atoms with van der Waals surface area (Å²) in [6, 6.07) is 15.7. The molecule has 0 aliphatic rings. The lowest BCUT2D eigenvalue weighted by atomic mass is 10.1. The van der Waals surface area contributed by atoms with Gasteiger partial charge in [-0.25, -0.2) is 9.98 Å². The number of rotatable bonds is 4. The van der Waals surface area contributed by atoms with Gasteiger partial charge in [-0.1, -0.05) is 12.1 Å². The number of nitrogens with zero attached hydrogens (tertiary/aromatic N) is 2. The summed E-state index contributed by atoms with van der Waals surface area (Å²) < 4.78 is 47.2. The highest BCUT2D eigenvalue weighted by molar-refractivity contribution is 6.05. The first-order valence-electron chi connectivity index (χ1n) is 9.17. The standard InChI is InChI=1S/C22H14F3N3O4/c23-22(24,25)32-16-5-3-4-14(11-16)27-21-17(20(30)28-19-6-1-2-9-26-19)10-13-7-8-15(29)12-18(13)31-21/h1-12,29H,(H,26,28,30). The van der Waals surface area contributed by atoms with Gasteiger partial charge < -0.3 is 19.6 Å². The smallest absolute Gasteiger partial charge is 0.508 e. The van der Waals surface area contributed by atoms with Crippen molar-refractivity contribution in [3.05, 3.63) is 84.0 Å². The Morgan fingerprint density at radius 3 is 2.66 bits per heavy atom. The van der Waals surface area contributed by atoms with Gasteiger partial charge in [0.15, 0.2) is 0 Å². The quantitative estimate of drug-likeness (QED) is 0.469. The number of fused-ring (bicyclic) bond motifs is 1. The molecule has 0 aliphatic heterocycles. The molecule has 0 radical (unpaired) electrons. The lowest BCUT2D eigenvalue weighted by Crippen LogP contribution is -2.22. The molecule has 0 saturated carbocycles. The first-order chi connectivity index (χ1) is 15.3. The molecule has 0 atom stereocenters. The van der Waals surface area contributed by atoms with E-state index in [2.05, 4.69) is 20.0 Å². The second-order valence-corrected chi connectivity index (χ2v) is 6.51. The summed E-state index contributed by atoms with van der Waals surface area (Å²) in [5, 5.41) is 12.8. The van der Waals surface area contributed by atoms with Crippen molar-refractivity contribution in [1.29, 1.82) is 0 Å². The summed E-state index contributed by atoms with van der Waals surface area (Å²) in [6.07, 6.45) is -3.36. The number of alkyl halides is 3. The zero-order valence-electron chi connectivity index (χ0n) is 16.1. The summed E-state index contributed by atoms with van der Waals surface area (Å²) >= 11 is 0. The van der Waals surface area contributed by atoms with Crippen LogP contribution in [0.4, 0.5) is 24.7 Å². The van der Waals surface area contributed by atoms with Gasteiger partial charge in [-0.2, -0.15) is 0 Å². The van der Waals surface area contributed by atoms with Crippen LogP contribution in [0.2, 0.25) is 0 Å². The van der Waals surface area contributed by atoms with Crippen LogP contribution in [0.1, 0.15) is 10.4 Å². The highest BCUT2D eigenvalue weighted by atomic mass is 19.4. The molecule has 0 saturated heterocycles. The molecule has 0 fully saturated rings. The van der Waals surface area contributed by atoms with Gasteiger partial charge in [-0.05, 0) is 42.5 Å². The molecule has 0 unspecified atom stereocenters. The van der Waals surface area contributed by atoms with Crippen molar-refractivity contribution in [3.8, 4) is 11.5 Å². The van der Waals surface area contributed by atoms with Crippen LogP contribution in [-0.4, -0.2) is 22.4 Å². The van der Waals surface area contributed by atoms with Crippen LogP contribution in [-0.2, 0) is 0 Å². The Labute approximate surface area is 178 Å². The molecule has 4 rings (SSSR count). The van der Waals surface area contributed by atoms with E-state index < -0.39 is 18.0 Å². The zero-order valence-corrected chi connectivity index (χ0v) is 16.1. The van der Waals surface area contributed by atoms with Crippen molar-refractivity contribution in [2.24, 2.45) is 4.99 Å². The topological polar surface area (TPSA) is 97.0 Å². The fraction of sp³-hybridized carbons (Fsp3) is 0.0455. The van der Waals surface area contributed by atoms with Gasteiger partial charge in [-0.3, -0.25) is 4.79 Å². The number of amides is 1. The van der Waals surface area contributed by atoms with E-state index in [0.717, 1.165) is 12.1 Å². The molecular weight excluding hydrogens is 427 g/mol. The second-order valence-electron chi connectivity index (χ2n) is 6.51. The third-order valence-corrected chi connectivity index (χ3v) is 4.17. The van der Waals surface area contributed by atoms with E-state index in [4.69, 9.17) is 4.42 Å². The van der Waals surface area contributed by atoms with E-state index in [-0.39, 0.29) is 34.0 Å². The van der Waals surface area contributed by atoms with Crippen LogP contribution < -0.4 is 15.6 Å². The van der Waals surface area contributed by atoms with Crippen LogP contribution in [0.25, 0.3) is 11.0 Å². The monoisotopic (exact) mass is 441 g/mol. The Bertz CT molecular complexity index is 1350. The first-order valence-corrected chi connectivity index (χ1v) is 9.17. The van der Waals surface area contributed by atoms with Crippen LogP contribution >= 0.6 is 0 Å². The van der Waals surface area contributed by atoms with Gasteiger partial charge in [0.2, 0.25) is 5.55 Å². The number of ether oxygens (including phenoxy) is 1. The maximum absolute atomic E-state index is 12.9. The normalized spacial score (nSPS) is 12.0. The number of hydrogen-bond acceptors (Lipinski definition) is 6. The summed E-state index contributed by atoms with van der Waals surface area (Å²) in [5.74, 6) is -0.853. The maximum Gasteiger partial charge on any atom is 0.573 e. The average molecular weight is 441 g/mol. The minimum atomic E-state index is -4.86. The SMILES string of the molecule is O=C(Nc1ccccn1)c1cc2ccc(O)cc2oc1=Nc1cccc(OC(F)(F)F)c1. The van der Waals surface area contributed by atoms with Crippen molar-refractivity contribution < 1.29 is 32.2 Å². The van der Waals surface area contributed by atoms with Crippen molar-refractivity contribution in [2.75, 3.05) is 5.32 Å². The minimum Gasteiger partial charge on any atom is -0.508 e. The van der Waals surface area contributed by atoms with Crippen molar-refractivity contribution in [2.45, 2.75) is 6.36 Å². The number of pyridine rings is 1. The van der Waals surface area contributed by atoms with Gasteiger partial charge in [0.25, 0.3) is 5.91 Å². The number of aromatic hydroxyl groups is 1. The number of halogens is 3. The fourth-order valence-corrected chi connectivity index (χ4v) is 2.84. The molecule has 2 heterocycles. The predicted molar refractivity (Wildman–Crippen MR) is 108 cm³/mol. The molecule has 10 heteroatoms. The minimum absolute atomic E-state index is 0.0102. The number of anilines is 1. The van der Waals surface area contributed by atoms with E-state index in [0.29, 0.717) is 5.39 Å².